The number of hydrogen-bond acceptors (Lipinski definition) is 5. The van der Waals surface area contributed by atoms with Crippen LogP contribution < -0.4 is 10.9 Å². The summed E-state index contributed by atoms with van der Waals surface area (Å²) in [4.78, 5) is 11.9. The van der Waals surface area contributed by atoms with Crippen molar-refractivity contribution in [3.05, 3.63) is 23.6 Å². The molecule has 0 bridgehead atoms. The fraction of sp³-hybridized carbons (Fsp3) is 0.583. The molecule has 2 N–H and O–H groups in total. The van der Waals surface area contributed by atoms with Crippen LogP contribution in [0.1, 0.15) is 12.8 Å². The molecule has 0 amide bonds. The van der Waals surface area contributed by atoms with Gasteiger partial charge in [-0.25, -0.2) is 5.43 Å². The molecule has 17 heavy (non-hydrogen) atoms. The van der Waals surface area contributed by atoms with Crippen molar-refractivity contribution < 1.29 is 14.3 Å². The normalized spacial score (nSPS) is 28.1. The Bertz CT molecular complexity index is 383. The third kappa shape index (κ3) is 2.21. The molecule has 3 rings (SSSR count). The number of esters is 1. The first-order valence-corrected chi connectivity index (χ1v) is 6.04. The number of carbonyl (C=O) groups excluding carboxylic acids is 1. The lowest BCUT2D eigenvalue weighted by atomic mass is 10.0. The van der Waals surface area contributed by atoms with E-state index in [-0.39, 0.29) is 11.9 Å². The molecule has 0 aromatic carbocycles. The van der Waals surface area contributed by atoms with Gasteiger partial charge < -0.3 is 14.9 Å². The molecule has 3 aliphatic rings. The molecule has 5 heteroatoms. The summed E-state index contributed by atoms with van der Waals surface area (Å²) in [5.41, 5.74) is 7.17. The Morgan fingerprint density at radius 3 is 3.00 bits per heavy atom. The minimum atomic E-state index is -0.121. The van der Waals surface area contributed by atoms with Crippen LogP contribution in [0.5, 0.6) is 0 Å². The number of allylic oxidation sites excluding steroid dienone is 1. The van der Waals surface area contributed by atoms with Crippen molar-refractivity contribution in [2.24, 2.45) is 11.8 Å². The molecule has 0 aromatic rings. The lowest BCUT2D eigenvalue weighted by molar-refractivity contribution is -0.146. The maximum atomic E-state index is 11.9. The van der Waals surface area contributed by atoms with Gasteiger partial charge in [-0.05, 0) is 18.9 Å². The maximum Gasteiger partial charge on any atom is 0.314 e. The Kier molecular flexibility index (Phi) is 2.86. The summed E-state index contributed by atoms with van der Waals surface area (Å²) >= 11 is 0. The van der Waals surface area contributed by atoms with Crippen LogP contribution in [0.4, 0.5) is 0 Å². The van der Waals surface area contributed by atoms with E-state index >= 15 is 0 Å². The number of nitrogens with one attached hydrogen (secondary N) is 2. The zero-order chi connectivity index (χ0) is 11.7. The fourth-order valence-corrected chi connectivity index (χ4v) is 2.35. The minimum absolute atomic E-state index is 0.00502. The molecule has 1 aliphatic carbocycles. The first kappa shape index (κ1) is 10.8. The molecule has 2 aliphatic heterocycles. The monoisotopic (exact) mass is 236 g/mol. The first-order valence-electron chi connectivity index (χ1n) is 6.04. The highest BCUT2D eigenvalue weighted by atomic mass is 16.5. The molecule has 5 nitrogen and oxygen atoms in total. The molecule has 0 spiro atoms. The number of rotatable bonds is 2. The standard InChI is InChI=1S/C12H16N2O3/c15-12(8-1-3-16-4-2-8)17-10-5-9-7-13-14-11(9)6-10/h5-6,8-9,13-14H,1-4,7H2. The van der Waals surface area contributed by atoms with Crippen LogP contribution in [0.3, 0.4) is 0 Å². The maximum absolute atomic E-state index is 11.9. The molecule has 2 saturated heterocycles. The number of carbonyl (C=O) groups is 1. The van der Waals surface area contributed by atoms with Gasteiger partial charge in [-0.3, -0.25) is 4.79 Å². The van der Waals surface area contributed by atoms with Gasteiger partial charge in [0.2, 0.25) is 0 Å². The summed E-state index contributed by atoms with van der Waals surface area (Å²) in [5.74, 6) is 0.877. The van der Waals surface area contributed by atoms with Gasteiger partial charge in [0.05, 0.1) is 5.92 Å². The quantitative estimate of drug-likeness (QED) is 0.682. The van der Waals surface area contributed by atoms with Gasteiger partial charge in [-0.1, -0.05) is 0 Å². The molecule has 0 saturated carbocycles. The summed E-state index contributed by atoms with van der Waals surface area (Å²) in [7, 11) is 0. The van der Waals surface area contributed by atoms with Crippen LogP contribution in [0.2, 0.25) is 0 Å². The second kappa shape index (κ2) is 4.50. The van der Waals surface area contributed by atoms with Crippen LogP contribution in [0.15, 0.2) is 23.6 Å². The van der Waals surface area contributed by atoms with Crippen molar-refractivity contribution in [3.8, 4) is 0 Å². The summed E-state index contributed by atoms with van der Waals surface area (Å²) in [6.45, 7) is 2.17. The van der Waals surface area contributed by atoms with Gasteiger partial charge in [-0.2, -0.15) is 0 Å². The average Bonchev–Trinajstić information content (AvgIpc) is 2.90. The molecule has 2 fully saturated rings. The van der Waals surface area contributed by atoms with Crippen LogP contribution in [0, 0.1) is 11.8 Å². The number of ether oxygens (including phenoxy) is 2. The molecule has 2 heterocycles. The van der Waals surface area contributed by atoms with Gasteiger partial charge in [0.15, 0.2) is 0 Å². The first-order chi connectivity index (χ1) is 8.33. The van der Waals surface area contributed by atoms with E-state index < -0.39 is 0 Å². The molecule has 0 aromatic heterocycles. The van der Waals surface area contributed by atoms with Crippen LogP contribution >= 0.6 is 0 Å². The zero-order valence-electron chi connectivity index (χ0n) is 9.57. The van der Waals surface area contributed by atoms with Crippen molar-refractivity contribution in [1.82, 2.24) is 10.9 Å². The highest BCUT2D eigenvalue weighted by molar-refractivity contribution is 5.74. The second-order valence-corrected chi connectivity index (χ2v) is 4.59. The number of hydrogen-bond donors (Lipinski definition) is 2. The van der Waals surface area contributed by atoms with E-state index in [9.17, 15) is 4.79 Å². The molecule has 0 radical (unpaired) electrons. The Morgan fingerprint density at radius 1 is 1.41 bits per heavy atom. The summed E-state index contributed by atoms with van der Waals surface area (Å²) < 4.78 is 10.6. The Labute approximate surface area is 99.8 Å². The third-order valence-electron chi connectivity index (χ3n) is 3.39. The second-order valence-electron chi connectivity index (χ2n) is 4.59. The van der Waals surface area contributed by atoms with Gasteiger partial charge in [0, 0.05) is 37.4 Å². The summed E-state index contributed by atoms with van der Waals surface area (Å²) in [5, 5.41) is 0. The molecule has 1 atom stereocenters. The Morgan fingerprint density at radius 2 is 2.24 bits per heavy atom. The van der Waals surface area contributed by atoms with Crippen molar-refractivity contribution in [1.29, 1.82) is 0 Å². The van der Waals surface area contributed by atoms with E-state index in [4.69, 9.17) is 9.47 Å². The van der Waals surface area contributed by atoms with Crippen molar-refractivity contribution >= 4 is 5.97 Å². The molecular formula is C12H16N2O3. The van der Waals surface area contributed by atoms with E-state index in [2.05, 4.69) is 10.9 Å². The smallest absolute Gasteiger partial charge is 0.314 e. The fourth-order valence-electron chi connectivity index (χ4n) is 2.35. The zero-order valence-corrected chi connectivity index (χ0v) is 9.57. The van der Waals surface area contributed by atoms with Crippen molar-refractivity contribution in [2.75, 3.05) is 19.8 Å². The van der Waals surface area contributed by atoms with E-state index in [1.54, 1.807) is 0 Å². The largest absolute Gasteiger partial charge is 0.427 e. The van der Waals surface area contributed by atoms with Gasteiger partial charge in [0.25, 0.3) is 0 Å². The average molecular weight is 236 g/mol. The van der Waals surface area contributed by atoms with Crippen molar-refractivity contribution in [2.45, 2.75) is 12.8 Å². The summed E-state index contributed by atoms with van der Waals surface area (Å²) in [6.07, 6.45) is 5.42. The Balaban J connectivity index is 1.58. The lowest BCUT2D eigenvalue weighted by Gasteiger charge is -2.20. The van der Waals surface area contributed by atoms with Gasteiger partial charge in [-0.15, -0.1) is 0 Å². The van der Waals surface area contributed by atoms with E-state index in [1.807, 2.05) is 12.2 Å². The molecule has 92 valence electrons. The predicted molar refractivity (Wildman–Crippen MR) is 60.4 cm³/mol. The SMILES string of the molecule is O=C(OC1=CC2CNNC2=C1)C1CCOCC1. The third-order valence-corrected chi connectivity index (χ3v) is 3.39. The van der Waals surface area contributed by atoms with Gasteiger partial charge >= 0.3 is 5.97 Å². The van der Waals surface area contributed by atoms with E-state index in [0.717, 1.165) is 25.1 Å². The molecular weight excluding hydrogens is 220 g/mol. The van der Waals surface area contributed by atoms with E-state index in [0.29, 0.717) is 24.9 Å². The minimum Gasteiger partial charge on any atom is -0.427 e. The van der Waals surface area contributed by atoms with Crippen molar-refractivity contribution in [3.63, 3.8) is 0 Å². The topological polar surface area (TPSA) is 59.6 Å². The number of fused-ring (bicyclic) bond motifs is 1. The number of hydrazine groups is 1. The lowest BCUT2D eigenvalue weighted by Crippen LogP contribution is -2.25. The predicted octanol–water partition coefficient (Wildman–Crippen LogP) is 0.462. The van der Waals surface area contributed by atoms with Crippen LogP contribution in [-0.2, 0) is 14.3 Å². The Hall–Kier alpha value is -1.33. The van der Waals surface area contributed by atoms with Crippen LogP contribution in [-0.4, -0.2) is 25.7 Å². The van der Waals surface area contributed by atoms with E-state index in [1.165, 1.54) is 0 Å². The molecule has 1 unspecified atom stereocenters. The van der Waals surface area contributed by atoms with Crippen LogP contribution in [0.25, 0.3) is 0 Å². The van der Waals surface area contributed by atoms with Gasteiger partial charge in [0.1, 0.15) is 5.76 Å². The highest BCUT2D eigenvalue weighted by Crippen LogP contribution is 2.26. The highest BCUT2D eigenvalue weighted by Gasteiger charge is 2.28. The summed E-state index contributed by atoms with van der Waals surface area (Å²) in [6, 6.07) is 0.